The molecule has 0 amide bonds. The second-order valence-corrected chi connectivity index (χ2v) is 5.02. The number of aryl methyl sites for hydroxylation is 3. The Labute approximate surface area is 123 Å². The van der Waals surface area contributed by atoms with Crippen LogP contribution >= 0.6 is 12.2 Å². The molecule has 0 unspecified atom stereocenters. The van der Waals surface area contributed by atoms with Gasteiger partial charge in [0.25, 0.3) is 0 Å². The molecule has 0 aliphatic carbocycles. The average Bonchev–Trinajstić information content (AvgIpc) is 2.84. The first kappa shape index (κ1) is 14.5. The van der Waals surface area contributed by atoms with E-state index in [2.05, 4.69) is 10.1 Å². The Kier molecular flexibility index (Phi) is 4.34. The van der Waals surface area contributed by atoms with Crippen molar-refractivity contribution in [3.8, 4) is 5.75 Å². The largest absolute Gasteiger partial charge is 0.485 e. The minimum absolute atomic E-state index is 0.391. The van der Waals surface area contributed by atoms with Crippen molar-refractivity contribution in [2.45, 2.75) is 33.9 Å². The number of thiocarbonyl (C=S) groups is 1. The molecule has 0 atom stereocenters. The number of hydrogen-bond donors (Lipinski definition) is 1. The number of rotatable bonds is 5. The van der Waals surface area contributed by atoms with Crippen LogP contribution in [0.2, 0.25) is 0 Å². The maximum absolute atomic E-state index is 5.88. The minimum atomic E-state index is 0.391. The summed E-state index contributed by atoms with van der Waals surface area (Å²) < 4.78 is 7.70. The Morgan fingerprint density at radius 2 is 2.00 bits per heavy atom. The second kappa shape index (κ2) is 6.00. The fourth-order valence-corrected chi connectivity index (χ4v) is 2.24. The van der Waals surface area contributed by atoms with E-state index in [0.29, 0.717) is 11.6 Å². The fraction of sp³-hybridized carbons (Fsp3) is 0.357. The average molecular weight is 290 g/mol. The maximum atomic E-state index is 5.88. The van der Waals surface area contributed by atoms with E-state index in [1.165, 1.54) is 6.33 Å². The van der Waals surface area contributed by atoms with E-state index in [0.717, 1.165) is 34.8 Å². The SMILES string of the molecule is CCn1ncnc1COc1c(C)cc(C(N)=S)cc1C. The molecule has 0 radical (unpaired) electrons. The molecule has 106 valence electrons. The zero-order chi connectivity index (χ0) is 14.7. The van der Waals surface area contributed by atoms with Crippen LogP contribution in [0, 0.1) is 13.8 Å². The highest BCUT2D eigenvalue weighted by Crippen LogP contribution is 2.25. The normalized spacial score (nSPS) is 10.6. The van der Waals surface area contributed by atoms with Crippen molar-refractivity contribution < 1.29 is 4.74 Å². The molecule has 1 heterocycles. The Morgan fingerprint density at radius 1 is 1.35 bits per heavy atom. The summed E-state index contributed by atoms with van der Waals surface area (Å²) >= 11 is 5.00. The number of aromatic nitrogens is 3. The molecular weight excluding hydrogens is 272 g/mol. The van der Waals surface area contributed by atoms with E-state index in [1.807, 2.05) is 37.6 Å². The Morgan fingerprint density at radius 3 is 2.55 bits per heavy atom. The van der Waals surface area contributed by atoms with E-state index in [9.17, 15) is 0 Å². The van der Waals surface area contributed by atoms with Crippen molar-refractivity contribution in [3.63, 3.8) is 0 Å². The summed E-state index contributed by atoms with van der Waals surface area (Å²) in [6, 6.07) is 3.88. The summed E-state index contributed by atoms with van der Waals surface area (Å²) in [7, 11) is 0. The van der Waals surface area contributed by atoms with Crippen LogP contribution in [0.4, 0.5) is 0 Å². The lowest BCUT2D eigenvalue weighted by atomic mass is 10.1. The van der Waals surface area contributed by atoms with Crippen LogP contribution in [-0.4, -0.2) is 19.8 Å². The summed E-state index contributed by atoms with van der Waals surface area (Å²) in [6.07, 6.45) is 1.54. The second-order valence-electron chi connectivity index (χ2n) is 4.58. The van der Waals surface area contributed by atoms with Gasteiger partial charge in [-0.2, -0.15) is 5.10 Å². The summed E-state index contributed by atoms with van der Waals surface area (Å²) in [5, 5.41) is 4.12. The van der Waals surface area contributed by atoms with Gasteiger partial charge in [-0.05, 0) is 44.0 Å². The van der Waals surface area contributed by atoms with Crippen LogP contribution < -0.4 is 10.5 Å². The summed E-state index contributed by atoms with van der Waals surface area (Å²) in [5.74, 6) is 1.65. The molecule has 0 saturated heterocycles. The number of nitrogens with zero attached hydrogens (tertiary/aromatic N) is 3. The van der Waals surface area contributed by atoms with Crippen LogP contribution in [0.3, 0.4) is 0 Å². The first-order chi connectivity index (χ1) is 9.52. The predicted molar refractivity (Wildman–Crippen MR) is 81.8 cm³/mol. The first-order valence-electron chi connectivity index (χ1n) is 6.43. The van der Waals surface area contributed by atoms with Gasteiger partial charge in [0.1, 0.15) is 23.7 Å². The van der Waals surface area contributed by atoms with Gasteiger partial charge in [0.15, 0.2) is 5.82 Å². The maximum Gasteiger partial charge on any atom is 0.164 e. The lowest BCUT2D eigenvalue weighted by Crippen LogP contribution is -2.11. The van der Waals surface area contributed by atoms with Gasteiger partial charge >= 0.3 is 0 Å². The van der Waals surface area contributed by atoms with Gasteiger partial charge in [-0.25, -0.2) is 9.67 Å². The highest BCUT2D eigenvalue weighted by atomic mass is 32.1. The van der Waals surface area contributed by atoms with Gasteiger partial charge in [-0.1, -0.05) is 12.2 Å². The molecule has 2 rings (SSSR count). The number of nitrogens with two attached hydrogens (primary N) is 1. The molecule has 1 aromatic carbocycles. The summed E-state index contributed by atoms with van der Waals surface area (Å²) in [6.45, 7) is 7.15. The predicted octanol–water partition coefficient (Wildman–Crippen LogP) is 2.13. The Balaban J connectivity index is 2.20. The lowest BCUT2D eigenvalue weighted by Gasteiger charge is -2.13. The van der Waals surface area contributed by atoms with E-state index in [4.69, 9.17) is 22.7 Å². The van der Waals surface area contributed by atoms with E-state index >= 15 is 0 Å². The molecule has 0 bridgehead atoms. The molecule has 20 heavy (non-hydrogen) atoms. The van der Waals surface area contributed by atoms with Gasteiger partial charge in [-0.3, -0.25) is 0 Å². The molecule has 1 aromatic heterocycles. The van der Waals surface area contributed by atoms with Crippen LogP contribution in [0.25, 0.3) is 0 Å². The molecule has 6 heteroatoms. The Bertz CT molecular complexity index is 613. The molecule has 0 aliphatic rings. The third-order valence-corrected chi connectivity index (χ3v) is 3.32. The lowest BCUT2D eigenvalue weighted by molar-refractivity contribution is 0.283. The molecule has 5 nitrogen and oxygen atoms in total. The van der Waals surface area contributed by atoms with Gasteiger partial charge in [0, 0.05) is 12.1 Å². The van der Waals surface area contributed by atoms with Gasteiger partial charge < -0.3 is 10.5 Å². The molecule has 0 spiro atoms. The zero-order valence-corrected chi connectivity index (χ0v) is 12.7. The number of ether oxygens (including phenoxy) is 1. The van der Waals surface area contributed by atoms with Gasteiger partial charge in [0.2, 0.25) is 0 Å². The number of benzene rings is 1. The van der Waals surface area contributed by atoms with E-state index < -0.39 is 0 Å². The molecular formula is C14H18N4OS. The quantitative estimate of drug-likeness (QED) is 0.855. The molecule has 0 fully saturated rings. The highest BCUT2D eigenvalue weighted by molar-refractivity contribution is 7.80. The minimum Gasteiger partial charge on any atom is -0.485 e. The van der Waals surface area contributed by atoms with Crippen molar-refractivity contribution in [3.05, 3.63) is 41.0 Å². The molecule has 2 N–H and O–H groups in total. The van der Waals surface area contributed by atoms with Crippen LogP contribution in [0.15, 0.2) is 18.5 Å². The topological polar surface area (TPSA) is 66.0 Å². The smallest absolute Gasteiger partial charge is 0.164 e. The highest BCUT2D eigenvalue weighted by Gasteiger charge is 2.10. The van der Waals surface area contributed by atoms with Crippen LogP contribution in [-0.2, 0) is 13.2 Å². The summed E-state index contributed by atoms with van der Waals surface area (Å²) in [5.41, 5.74) is 8.54. The van der Waals surface area contributed by atoms with Crippen molar-refractivity contribution in [1.29, 1.82) is 0 Å². The first-order valence-corrected chi connectivity index (χ1v) is 6.84. The third kappa shape index (κ3) is 2.96. The van der Waals surface area contributed by atoms with Crippen LogP contribution in [0.5, 0.6) is 5.75 Å². The van der Waals surface area contributed by atoms with Gasteiger partial charge in [-0.15, -0.1) is 0 Å². The molecule has 2 aromatic rings. The third-order valence-electron chi connectivity index (χ3n) is 3.09. The molecule has 0 saturated carbocycles. The van der Waals surface area contributed by atoms with Crippen molar-refractivity contribution >= 4 is 17.2 Å². The van der Waals surface area contributed by atoms with Crippen LogP contribution in [0.1, 0.15) is 29.4 Å². The number of hydrogen-bond acceptors (Lipinski definition) is 4. The summed E-state index contributed by atoms with van der Waals surface area (Å²) in [4.78, 5) is 4.59. The monoisotopic (exact) mass is 290 g/mol. The standard InChI is InChI=1S/C14H18N4OS/c1-4-18-12(16-8-17-18)7-19-13-9(2)5-11(14(15)20)6-10(13)3/h5-6,8H,4,7H2,1-3H3,(H2,15,20). The van der Waals surface area contributed by atoms with Crippen molar-refractivity contribution in [2.75, 3.05) is 0 Å². The zero-order valence-electron chi connectivity index (χ0n) is 11.9. The van der Waals surface area contributed by atoms with E-state index in [-0.39, 0.29) is 0 Å². The Hall–Kier alpha value is -1.95. The van der Waals surface area contributed by atoms with E-state index in [1.54, 1.807) is 0 Å². The van der Waals surface area contributed by atoms with Crippen molar-refractivity contribution in [2.24, 2.45) is 5.73 Å². The van der Waals surface area contributed by atoms with Crippen molar-refractivity contribution in [1.82, 2.24) is 14.8 Å². The van der Waals surface area contributed by atoms with Gasteiger partial charge in [0.05, 0.1) is 0 Å². The molecule has 0 aliphatic heterocycles. The fourth-order valence-electron chi connectivity index (χ4n) is 2.12.